The molecular formula is C14H28N4. The molecule has 4 heteroatoms. The summed E-state index contributed by atoms with van der Waals surface area (Å²) in [6.45, 7) is 14.8. The molecule has 2 rings (SSSR count). The first-order chi connectivity index (χ1) is 8.58. The van der Waals surface area contributed by atoms with Gasteiger partial charge in [0.2, 0.25) is 0 Å². The van der Waals surface area contributed by atoms with Crippen LogP contribution in [0.5, 0.6) is 0 Å². The van der Waals surface area contributed by atoms with Gasteiger partial charge in [-0.05, 0) is 27.7 Å². The number of aliphatic imine (C=N–C) groups is 1. The highest BCUT2D eigenvalue weighted by atomic mass is 15.3. The lowest BCUT2D eigenvalue weighted by molar-refractivity contribution is 0.0394. The molecule has 0 saturated carbocycles. The van der Waals surface area contributed by atoms with Crippen LogP contribution in [0.2, 0.25) is 0 Å². The first-order valence-electron chi connectivity index (χ1n) is 7.35. The lowest BCUT2D eigenvalue weighted by Crippen LogP contribution is -2.57. The standard InChI is InChI=1S/C14H28N4/c1-11(2)17-7-8-18(12(3)4)13(10-17)9-14-15-5-6-16-14/h11-13H,5-10H2,1-4H3,(H,15,16)/t13-/m0/s1. The quantitative estimate of drug-likeness (QED) is 0.815. The van der Waals surface area contributed by atoms with Crippen LogP contribution in [0.4, 0.5) is 0 Å². The summed E-state index contributed by atoms with van der Waals surface area (Å²) in [5.74, 6) is 1.22. The van der Waals surface area contributed by atoms with Crippen LogP contribution >= 0.6 is 0 Å². The number of piperazine rings is 1. The first kappa shape index (κ1) is 13.8. The molecule has 0 amide bonds. The van der Waals surface area contributed by atoms with Gasteiger partial charge in [-0.25, -0.2) is 0 Å². The number of hydrogen-bond acceptors (Lipinski definition) is 4. The van der Waals surface area contributed by atoms with Gasteiger partial charge in [-0.2, -0.15) is 0 Å². The molecule has 4 nitrogen and oxygen atoms in total. The summed E-state index contributed by atoms with van der Waals surface area (Å²) >= 11 is 0. The highest BCUT2D eigenvalue weighted by molar-refractivity contribution is 5.84. The molecule has 0 bridgehead atoms. The Morgan fingerprint density at radius 2 is 2.00 bits per heavy atom. The zero-order valence-corrected chi connectivity index (χ0v) is 12.3. The Bertz CT molecular complexity index is 298. The molecule has 0 aromatic carbocycles. The number of nitrogens with one attached hydrogen (secondary N) is 1. The molecule has 2 aliphatic rings. The first-order valence-corrected chi connectivity index (χ1v) is 7.35. The van der Waals surface area contributed by atoms with E-state index in [4.69, 9.17) is 0 Å². The van der Waals surface area contributed by atoms with Crippen LogP contribution in [-0.2, 0) is 0 Å². The van der Waals surface area contributed by atoms with Gasteiger partial charge >= 0.3 is 0 Å². The molecular weight excluding hydrogens is 224 g/mol. The maximum absolute atomic E-state index is 4.55. The van der Waals surface area contributed by atoms with E-state index in [0.717, 1.165) is 19.5 Å². The van der Waals surface area contributed by atoms with E-state index in [1.54, 1.807) is 0 Å². The van der Waals surface area contributed by atoms with Crippen molar-refractivity contribution < 1.29 is 0 Å². The van der Waals surface area contributed by atoms with E-state index in [1.807, 2.05) is 0 Å². The fraction of sp³-hybridized carbons (Fsp3) is 0.929. The van der Waals surface area contributed by atoms with Gasteiger partial charge in [0, 0.05) is 50.7 Å². The average Bonchev–Trinajstić information content (AvgIpc) is 2.81. The molecule has 18 heavy (non-hydrogen) atoms. The Kier molecular flexibility index (Phi) is 4.62. The van der Waals surface area contributed by atoms with Crippen molar-refractivity contribution in [2.45, 2.75) is 52.2 Å². The van der Waals surface area contributed by atoms with Crippen LogP contribution in [0.3, 0.4) is 0 Å². The molecule has 0 aromatic rings. The van der Waals surface area contributed by atoms with E-state index in [9.17, 15) is 0 Å². The van der Waals surface area contributed by atoms with E-state index >= 15 is 0 Å². The predicted molar refractivity (Wildman–Crippen MR) is 77.3 cm³/mol. The zero-order valence-electron chi connectivity index (χ0n) is 12.3. The summed E-state index contributed by atoms with van der Waals surface area (Å²) in [6, 6.07) is 1.90. The fourth-order valence-electron chi connectivity index (χ4n) is 3.03. The van der Waals surface area contributed by atoms with Crippen molar-refractivity contribution in [1.82, 2.24) is 15.1 Å². The summed E-state index contributed by atoms with van der Waals surface area (Å²) in [7, 11) is 0. The van der Waals surface area contributed by atoms with Crippen LogP contribution in [0.15, 0.2) is 4.99 Å². The second-order valence-corrected chi connectivity index (χ2v) is 6.03. The van der Waals surface area contributed by atoms with Crippen molar-refractivity contribution in [3.63, 3.8) is 0 Å². The van der Waals surface area contributed by atoms with E-state index in [0.29, 0.717) is 18.1 Å². The van der Waals surface area contributed by atoms with Gasteiger partial charge in [-0.15, -0.1) is 0 Å². The Morgan fingerprint density at radius 3 is 2.56 bits per heavy atom. The minimum absolute atomic E-state index is 0.616. The predicted octanol–water partition coefficient (Wildman–Crippen LogP) is 1.18. The van der Waals surface area contributed by atoms with Crippen molar-refractivity contribution in [3.8, 4) is 0 Å². The largest absolute Gasteiger partial charge is 0.372 e. The summed E-state index contributed by atoms with van der Waals surface area (Å²) in [5, 5.41) is 3.41. The molecule has 104 valence electrons. The van der Waals surface area contributed by atoms with Crippen molar-refractivity contribution in [3.05, 3.63) is 0 Å². The van der Waals surface area contributed by atoms with E-state index in [-0.39, 0.29) is 0 Å². The zero-order chi connectivity index (χ0) is 13.1. The molecule has 1 saturated heterocycles. The number of amidine groups is 1. The minimum atomic E-state index is 0.616. The number of nitrogens with zero attached hydrogens (tertiary/aromatic N) is 3. The second kappa shape index (κ2) is 6.02. The highest BCUT2D eigenvalue weighted by Crippen LogP contribution is 2.18. The van der Waals surface area contributed by atoms with E-state index in [1.165, 1.54) is 25.5 Å². The van der Waals surface area contributed by atoms with Crippen molar-refractivity contribution in [2.24, 2.45) is 4.99 Å². The van der Waals surface area contributed by atoms with Crippen LogP contribution < -0.4 is 5.32 Å². The lowest BCUT2D eigenvalue weighted by atomic mass is 10.0. The molecule has 0 radical (unpaired) electrons. The van der Waals surface area contributed by atoms with Gasteiger partial charge in [-0.3, -0.25) is 14.8 Å². The van der Waals surface area contributed by atoms with Crippen LogP contribution in [-0.4, -0.2) is 66.5 Å². The minimum Gasteiger partial charge on any atom is -0.372 e. The van der Waals surface area contributed by atoms with E-state index in [2.05, 4.69) is 47.8 Å². The topological polar surface area (TPSA) is 30.9 Å². The Morgan fingerprint density at radius 1 is 1.22 bits per heavy atom. The third-order valence-corrected chi connectivity index (χ3v) is 4.13. The summed E-state index contributed by atoms with van der Waals surface area (Å²) in [6.07, 6.45) is 1.08. The van der Waals surface area contributed by atoms with Gasteiger partial charge in [-0.1, -0.05) is 0 Å². The molecule has 0 aliphatic carbocycles. The normalized spacial score (nSPS) is 26.8. The third-order valence-electron chi connectivity index (χ3n) is 4.13. The molecule has 2 heterocycles. The lowest BCUT2D eigenvalue weighted by Gasteiger charge is -2.45. The Balaban J connectivity index is 1.99. The second-order valence-electron chi connectivity index (χ2n) is 6.03. The Hall–Kier alpha value is -0.610. The van der Waals surface area contributed by atoms with Crippen LogP contribution in [0, 0.1) is 0 Å². The fourth-order valence-corrected chi connectivity index (χ4v) is 3.03. The summed E-state index contributed by atoms with van der Waals surface area (Å²) < 4.78 is 0. The Labute approximate surface area is 111 Å². The van der Waals surface area contributed by atoms with Crippen molar-refractivity contribution in [1.29, 1.82) is 0 Å². The molecule has 2 aliphatic heterocycles. The molecule has 0 unspecified atom stereocenters. The van der Waals surface area contributed by atoms with Crippen LogP contribution in [0.1, 0.15) is 34.1 Å². The molecule has 0 aromatic heterocycles. The average molecular weight is 252 g/mol. The molecule has 0 spiro atoms. The maximum Gasteiger partial charge on any atom is 0.0980 e. The van der Waals surface area contributed by atoms with Gasteiger partial charge in [0.1, 0.15) is 0 Å². The van der Waals surface area contributed by atoms with E-state index < -0.39 is 0 Å². The number of rotatable bonds is 4. The van der Waals surface area contributed by atoms with Gasteiger partial charge < -0.3 is 5.32 Å². The van der Waals surface area contributed by atoms with Gasteiger partial charge in [0.15, 0.2) is 0 Å². The summed E-state index contributed by atoms with van der Waals surface area (Å²) in [5.41, 5.74) is 0. The summed E-state index contributed by atoms with van der Waals surface area (Å²) in [4.78, 5) is 9.79. The maximum atomic E-state index is 4.55. The highest BCUT2D eigenvalue weighted by Gasteiger charge is 2.30. The smallest absolute Gasteiger partial charge is 0.0980 e. The SMILES string of the molecule is CC(C)N1CCN(C(C)C)[C@@H](CC2=NCCN2)C1. The van der Waals surface area contributed by atoms with Crippen LogP contribution in [0.25, 0.3) is 0 Å². The monoisotopic (exact) mass is 252 g/mol. The molecule has 1 N–H and O–H groups in total. The molecule has 1 atom stereocenters. The van der Waals surface area contributed by atoms with Crippen molar-refractivity contribution >= 4 is 5.84 Å². The van der Waals surface area contributed by atoms with Gasteiger partial charge in [0.05, 0.1) is 12.4 Å². The third kappa shape index (κ3) is 3.23. The number of hydrogen-bond donors (Lipinski definition) is 1. The van der Waals surface area contributed by atoms with Crippen molar-refractivity contribution in [2.75, 3.05) is 32.7 Å². The van der Waals surface area contributed by atoms with Gasteiger partial charge in [0.25, 0.3) is 0 Å². The molecule has 1 fully saturated rings.